The van der Waals surface area contributed by atoms with Gasteiger partial charge in [-0.25, -0.2) is 0 Å². The van der Waals surface area contributed by atoms with Gasteiger partial charge in [0.15, 0.2) is 11.0 Å². The average Bonchev–Trinajstić information content (AvgIpc) is 2.76. The Bertz CT molecular complexity index is 883. The Morgan fingerprint density at radius 1 is 1.24 bits per heavy atom. The molecule has 0 radical (unpaired) electrons. The zero-order chi connectivity index (χ0) is 20.9. The summed E-state index contributed by atoms with van der Waals surface area (Å²) < 4.78 is 22.9. The summed E-state index contributed by atoms with van der Waals surface area (Å²) >= 11 is 1.42. The minimum absolute atomic E-state index is 0.313. The molecule has 6 heteroatoms. The van der Waals surface area contributed by atoms with E-state index in [4.69, 9.17) is 18.9 Å². The Morgan fingerprint density at radius 2 is 2.00 bits per heavy atom. The van der Waals surface area contributed by atoms with Gasteiger partial charge in [0, 0.05) is 7.11 Å². The van der Waals surface area contributed by atoms with Crippen LogP contribution in [0.4, 0.5) is 0 Å². The van der Waals surface area contributed by atoms with Gasteiger partial charge in [0.25, 0.3) is 0 Å². The first-order valence-electron chi connectivity index (χ1n) is 9.56. The van der Waals surface area contributed by atoms with Gasteiger partial charge in [-0.1, -0.05) is 42.5 Å². The lowest BCUT2D eigenvalue weighted by Crippen LogP contribution is -2.64. The first-order valence-corrected chi connectivity index (χ1v) is 10.8. The molecule has 0 aliphatic carbocycles. The average molecular weight is 414 g/mol. The van der Waals surface area contributed by atoms with Gasteiger partial charge >= 0.3 is 0 Å². The van der Waals surface area contributed by atoms with Crippen molar-refractivity contribution in [2.75, 3.05) is 20.0 Å². The van der Waals surface area contributed by atoms with Gasteiger partial charge in [-0.3, -0.25) is 0 Å². The summed E-state index contributed by atoms with van der Waals surface area (Å²) in [6, 6.07) is 16.9. The molecule has 0 saturated carbocycles. The fraction of sp³-hybridized carbons (Fsp3) is 0.435. The van der Waals surface area contributed by atoms with Crippen LogP contribution in [0.1, 0.15) is 12.5 Å². The maximum atomic E-state index is 10.1. The van der Waals surface area contributed by atoms with Crippen molar-refractivity contribution in [3.63, 3.8) is 0 Å². The predicted molar refractivity (Wildman–Crippen MR) is 116 cm³/mol. The van der Waals surface area contributed by atoms with E-state index in [9.17, 15) is 5.26 Å². The summed E-state index contributed by atoms with van der Waals surface area (Å²) in [5.74, 6) is 0. The largest absolute Gasteiger partial charge is 0.368 e. The zero-order valence-corrected chi connectivity index (χ0v) is 17.9. The molecule has 154 valence electrons. The van der Waals surface area contributed by atoms with Crippen LogP contribution in [0.15, 0.2) is 55.1 Å². The normalized spacial score (nSPS) is 29.4. The van der Waals surface area contributed by atoms with Crippen LogP contribution in [0.5, 0.6) is 0 Å². The van der Waals surface area contributed by atoms with Crippen molar-refractivity contribution < 1.29 is 18.9 Å². The van der Waals surface area contributed by atoms with Crippen LogP contribution >= 0.6 is 11.8 Å². The molecule has 1 aliphatic rings. The van der Waals surface area contributed by atoms with Crippen molar-refractivity contribution in [2.45, 2.75) is 42.9 Å². The number of nitriles is 1. The summed E-state index contributed by atoms with van der Waals surface area (Å²) in [4.78, 5) is 0. The third-order valence-corrected chi connectivity index (χ3v) is 6.66. The molecule has 0 unspecified atom stereocenters. The molecular formula is C23H27NO4S. The number of nitrogens with zero attached hydrogens (tertiary/aromatic N) is 1. The minimum Gasteiger partial charge on any atom is -0.368 e. The standard InChI is InChI=1S/C23H27NO4S/c1-5-12-26-20-21(23(15-24,29-4)16(2)28-22(20)25-3)27-14-17-10-11-18-8-6-7-9-19(18)13-17/h5-11,13,16,20-22H,1,12,14H2,2-4H3/t16-,20-,21-,22+,23+/m1/s1. The highest BCUT2D eigenvalue weighted by Crippen LogP contribution is 2.42. The number of fused-ring (bicyclic) bond motifs is 1. The third kappa shape index (κ3) is 4.35. The maximum Gasteiger partial charge on any atom is 0.186 e. The second kappa shape index (κ2) is 9.75. The molecule has 0 N–H and O–H groups in total. The van der Waals surface area contributed by atoms with Gasteiger partial charge in [0.05, 0.1) is 25.4 Å². The van der Waals surface area contributed by atoms with E-state index in [2.05, 4.69) is 36.9 Å². The van der Waals surface area contributed by atoms with Gasteiger partial charge in [0.1, 0.15) is 12.2 Å². The topological polar surface area (TPSA) is 60.7 Å². The SMILES string of the molecule is C=CCO[C@H]1[C@@H](OC)O[C@H](C)[C@](C#N)(SC)[C@@H]1OCc1ccc2ccccc2c1. The highest BCUT2D eigenvalue weighted by atomic mass is 32.2. The van der Waals surface area contributed by atoms with Crippen molar-refractivity contribution in [1.82, 2.24) is 0 Å². The van der Waals surface area contributed by atoms with E-state index < -0.39 is 29.3 Å². The molecule has 0 spiro atoms. The molecule has 2 aromatic rings. The van der Waals surface area contributed by atoms with Crippen molar-refractivity contribution in [3.8, 4) is 6.07 Å². The number of rotatable bonds is 8. The highest BCUT2D eigenvalue weighted by Gasteiger charge is 2.57. The van der Waals surface area contributed by atoms with Gasteiger partial charge in [-0.15, -0.1) is 18.3 Å². The predicted octanol–water partition coefficient (Wildman–Crippen LogP) is 4.31. The molecule has 0 aromatic heterocycles. The summed E-state index contributed by atoms with van der Waals surface area (Å²) in [6.45, 7) is 6.27. The smallest absolute Gasteiger partial charge is 0.186 e. The Morgan fingerprint density at radius 3 is 2.66 bits per heavy atom. The molecule has 0 amide bonds. The Labute approximate surface area is 176 Å². The number of methoxy groups -OCH3 is 1. The van der Waals surface area contributed by atoms with Gasteiger partial charge < -0.3 is 18.9 Å². The van der Waals surface area contributed by atoms with Crippen LogP contribution in [0.3, 0.4) is 0 Å². The van der Waals surface area contributed by atoms with E-state index in [1.165, 1.54) is 17.1 Å². The van der Waals surface area contributed by atoms with E-state index in [1.54, 1.807) is 13.2 Å². The van der Waals surface area contributed by atoms with Crippen LogP contribution in [0, 0.1) is 11.3 Å². The number of ether oxygens (including phenoxy) is 4. The summed E-state index contributed by atoms with van der Waals surface area (Å²) in [5.41, 5.74) is 1.03. The van der Waals surface area contributed by atoms with Crippen molar-refractivity contribution >= 4 is 22.5 Å². The van der Waals surface area contributed by atoms with Crippen LogP contribution in [0.2, 0.25) is 0 Å². The molecule has 29 heavy (non-hydrogen) atoms. The van der Waals surface area contributed by atoms with E-state index in [0.29, 0.717) is 13.2 Å². The number of hydrogen-bond donors (Lipinski definition) is 0. The highest BCUT2D eigenvalue weighted by molar-refractivity contribution is 8.00. The lowest BCUT2D eigenvalue weighted by Gasteiger charge is -2.48. The number of benzene rings is 2. The van der Waals surface area contributed by atoms with E-state index in [0.717, 1.165) is 10.9 Å². The maximum absolute atomic E-state index is 10.1. The van der Waals surface area contributed by atoms with Gasteiger partial charge in [-0.2, -0.15) is 5.26 Å². The van der Waals surface area contributed by atoms with Gasteiger partial charge in [0.2, 0.25) is 0 Å². The van der Waals surface area contributed by atoms with E-state index in [-0.39, 0.29) is 0 Å². The minimum atomic E-state index is -0.919. The molecule has 5 nitrogen and oxygen atoms in total. The summed E-state index contributed by atoms with van der Waals surface area (Å²) in [5, 5.41) is 12.4. The molecule has 1 saturated heterocycles. The van der Waals surface area contributed by atoms with Gasteiger partial charge in [-0.05, 0) is 35.6 Å². The molecule has 3 rings (SSSR count). The molecule has 2 aromatic carbocycles. The first-order chi connectivity index (χ1) is 14.1. The molecule has 1 heterocycles. The quantitative estimate of drug-likeness (QED) is 0.601. The fourth-order valence-electron chi connectivity index (χ4n) is 3.75. The molecular weight excluding hydrogens is 386 g/mol. The number of hydrogen-bond acceptors (Lipinski definition) is 6. The zero-order valence-electron chi connectivity index (χ0n) is 17.0. The van der Waals surface area contributed by atoms with Crippen LogP contribution < -0.4 is 0 Å². The Balaban J connectivity index is 1.89. The Kier molecular flexibility index (Phi) is 7.33. The van der Waals surface area contributed by atoms with E-state index in [1.807, 2.05) is 31.4 Å². The summed E-state index contributed by atoms with van der Waals surface area (Å²) in [7, 11) is 1.57. The van der Waals surface area contributed by atoms with E-state index >= 15 is 0 Å². The number of thioether (sulfide) groups is 1. The lowest BCUT2D eigenvalue weighted by molar-refractivity contribution is -0.278. The molecule has 0 bridgehead atoms. The monoisotopic (exact) mass is 413 g/mol. The first kappa shape index (κ1) is 21.8. The Hall–Kier alpha value is -1.88. The van der Waals surface area contributed by atoms with Crippen molar-refractivity contribution in [1.29, 1.82) is 5.26 Å². The molecule has 5 atom stereocenters. The second-order valence-electron chi connectivity index (χ2n) is 6.99. The van der Waals surface area contributed by atoms with Crippen LogP contribution in [-0.2, 0) is 25.6 Å². The summed E-state index contributed by atoms with van der Waals surface area (Å²) in [6.07, 6.45) is 1.45. The fourth-order valence-corrected chi connectivity index (χ4v) is 4.66. The molecule has 1 aliphatic heterocycles. The van der Waals surface area contributed by atoms with Crippen molar-refractivity contribution in [2.24, 2.45) is 0 Å². The second-order valence-corrected chi connectivity index (χ2v) is 8.07. The molecule has 1 fully saturated rings. The van der Waals surface area contributed by atoms with Crippen molar-refractivity contribution in [3.05, 3.63) is 60.7 Å². The third-order valence-electron chi connectivity index (χ3n) is 5.33. The van der Waals surface area contributed by atoms with Crippen LogP contribution in [-0.4, -0.2) is 49.3 Å². The van der Waals surface area contributed by atoms with Crippen LogP contribution in [0.25, 0.3) is 10.8 Å². The lowest BCUT2D eigenvalue weighted by atomic mass is 9.89.